The van der Waals surface area contributed by atoms with Crippen molar-refractivity contribution in [2.24, 2.45) is 0 Å². The van der Waals surface area contributed by atoms with Crippen molar-refractivity contribution < 1.29 is 0 Å². The number of aromatic nitrogens is 2. The second-order valence-electron chi connectivity index (χ2n) is 7.05. The zero-order valence-corrected chi connectivity index (χ0v) is 16.1. The van der Waals surface area contributed by atoms with E-state index >= 15 is 0 Å². The number of rotatable bonds is 3. The summed E-state index contributed by atoms with van der Waals surface area (Å²) in [6, 6.07) is 18.2. The van der Waals surface area contributed by atoms with E-state index in [1.54, 1.807) is 4.57 Å². The Morgan fingerprint density at radius 3 is 2.50 bits per heavy atom. The standard InChI is InChI=1S/C22H22N2OS/c1-4-22(2)14-15-10-8-9-13-17(15)19-18(22)20(25)24(21(23-19)26-3)16-11-6-5-7-12-16/h5-13H,4,14H2,1-3H3/t22-/m1/s1. The van der Waals surface area contributed by atoms with Gasteiger partial charge >= 0.3 is 0 Å². The molecule has 0 fully saturated rings. The fraction of sp³-hybridized carbons (Fsp3) is 0.273. The Hall–Kier alpha value is -2.33. The van der Waals surface area contributed by atoms with Gasteiger partial charge in [0.1, 0.15) is 0 Å². The average Bonchev–Trinajstić information content (AvgIpc) is 2.68. The van der Waals surface area contributed by atoms with Gasteiger partial charge in [-0.15, -0.1) is 0 Å². The number of para-hydroxylation sites is 1. The quantitative estimate of drug-likeness (QED) is 0.494. The van der Waals surface area contributed by atoms with Crippen molar-refractivity contribution in [1.29, 1.82) is 0 Å². The topological polar surface area (TPSA) is 34.9 Å². The molecule has 4 rings (SSSR count). The first-order valence-electron chi connectivity index (χ1n) is 8.94. The molecule has 0 saturated heterocycles. The summed E-state index contributed by atoms with van der Waals surface area (Å²) in [6.45, 7) is 4.35. The number of benzene rings is 2. The minimum absolute atomic E-state index is 0.0596. The Bertz CT molecular complexity index is 1030. The highest BCUT2D eigenvalue weighted by Gasteiger charge is 2.38. The van der Waals surface area contributed by atoms with Crippen molar-refractivity contribution in [3.63, 3.8) is 0 Å². The summed E-state index contributed by atoms with van der Waals surface area (Å²) in [7, 11) is 0. The van der Waals surface area contributed by atoms with E-state index in [9.17, 15) is 4.79 Å². The zero-order chi connectivity index (χ0) is 18.3. The highest BCUT2D eigenvalue weighted by molar-refractivity contribution is 7.98. The first-order valence-corrected chi connectivity index (χ1v) is 10.2. The highest BCUT2D eigenvalue weighted by Crippen LogP contribution is 2.43. The Balaban J connectivity index is 2.11. The maximum Gasteiger partial charge on any atom is 0.263 e. The van der Waals surface area contributed by atoms with Crippen LogP contribution in [0, 0.1) is 0 Å². The van der Waals surface area contributed by atoms with E-state index in [-0.39, 0.29) is 11.0 Å². The fourth-order valence-corrected chi connectivity index (χ4v) is 4.45. The highest BCUT2D eigenvalue weighted by atomic mass is 32.2. The fourth-order valence-electron chi connectivity index (χ4n) is 3.90. The summed E-state index contributed by atoms with van der Waals surface area (Å²) in [4.78, 5) is 18.7. The van der Waals surface area contributed by atoms with Gasteiger partial charge in [0.2, 0.25) is 0 Å². The molecule has 0 bridgehead atoms. The lowest BCUT2D eigenvalue weighted by Crippen LogP contribution is -2.39. The lowest BCUT2D eigenvalue weighted by molar-refractivity contribution is 0.435. The molecule has 3 nitrogen and oxygen atoms in total. The number of hydrogen-bond donors (Lipinski definition) is 0. The van der Waals surface area contributed by atoms with Gasteiger partial charge in [0.05, 0.1) is 16.9 Å². The molecule has 0 unspecified atom stereocenters. The van der Waals surface area contributed by atoms with Crippen LogP contribution in [-0.4, -0.2) is 15.8 Å². The van der Waals surface area contributed by atoms with E-state index in [1.807, 2.05) is 42.7 Å². The Morgan fingerprint density at radius 1 is 1.12 bits per heavy atom. The Kier molecular flexibility index (Phi) is 4.23. The SMILES string of the molecule is CC[C@]1(C)Cc2ccccc2-c2nc(SC)n(-c3ccccc3)c(=O)c21. The third kappa shape index (κ3) is 2.52. The van der Waals surface area contributed by atoms with Crippen LogP contribution in [0.1, 0.15) is 31.4 Å². The van der Waals surface area contributed by atoms with E-state index < -0.39 is 0 Å². The van der Waals surface area contributed by atoms with Crippen LogP contribution in [0.25, 0.3) is 16.9 Å². The minimum atomic E-state index is -0.207. The van der Waals surface area contributed by atoms with Gasteiger partial charge < -0.3 is 0 Å². The molecule has 0 radical (unpaired) electrons. The molecular formula is C22H22N2OS. The van der Waals surface area contributed by atoms with Crippen LogP contribution in [0.15, 0.2) is 64.5 Å². The third-order valence-electron chi connectivity index (χ3n) is 5.49. The lowest BCUT2D eigenvalue weighted by atomic mass is 9.69. The molecule has 1 heterocycles. The van der Waals surface area contributed by atoms with Crippen LogP contribution in [0.3, 0.4) is 0 Å². The van der Waals surface area contributed by atoms with Crippen LogP contribution in [-0.2, 0) is 11.8 Å². The molecule has 1 aliphatic carbocycles. The largest absolute Gasteiger partial charge is 0.268 e. The third-order valence-corrected chi connectivity index (χ3v) is 6.13. The van der Waals surface area contributed by atoms with Crippen LogP contribution in [0.4, 0.5) is 0 Å². The van der Waals surface area contributed by atoms with Gasteiger partial charge in [0, 0.05) is 11.0 Å². The number of hydrogen-bond acceptors (Lipinski definition) is 3. The van der Waals surface area contributed by atoms with Gasteiger partial charge in [0.25, 0.3) is 5.56 Å². The van der Waals surface area contributed by atoms with Gasteiger partial charge in [-0.2, -0.15) is 0 Å². The van der Waals surface area contributed by atoms with Crippen molar-refractivity contribution in [3.8, 4) is 16.9 Å². The summed E-state index contributed by atoms with van der Waals surface area (Å²) in [6.07, 6.45) is 3.75. The van der Waals surface area contributed by atoms with Crippen LogP contribution in [0.2, 0.25) is 0 Å². The van der Waals surface area contributed by atoms with Gasteiger partial charge in [-0.25, -0.2) is 4.98 Å². The summed E-state index contributed by atoms with van der Waals surface area (Å²) in [5.74, 6) is 0. The monoisotopic (exact) mass is 362 g/mol. The second kappa shape index (κ2) is 6.44. The molecular weight excluding hydrogens is 340 g/mol. The predicted molar refractivity (Wildman–Crippen MR) is 108 cm³/mol. The van der Waals surface area contributed by atoms with Gasteiger partial charge in [-0.1, -0.05) is 68.1 Å². The Labute approximate surface area is 158 Å². The lowest BCUT2D eigenvalue weighted by Gasteiger charge is -2.35. The molecule has 0 N–H and O–H groups in total. The molecule has 0 aliphatic heterocycles. The summed E-state index contributed by atoms with van der Waals surface area (Å²) in [5, 5.41) is 0.732. The summed E-state index contributed by atoms with van der Waals surface area (Å²) >= 11 is 1.51. The average molecular weight is 362 g/mol. The summed E-state index contributed by atoms with van der Waals surface area (Å²) in [5.41, 5.74) is 4.81. The Morgan fingerprint density at radius 2 is 1.81 bits per heavy atom. The van der Waals surface area contributed by atoms with Crippen molar-refractivity contribution >= 4 is 11.8 Å². The van der Waals surface area contributed by atoms with E-state index in [0.29, 0.717) is 0 Å². The van der Waals surface area contributed by atoms with Crippen LogP contribution < -0.4 is 5.56 Å². The van der Waals surface area contributed by atoms with E-state index in [1.165, 1.54) is 17.3 Å². The van der Waals surface area contributed by atoms with Crippen LogP contribution >= 0.6 is 11.8 Å². The number of nitrogens with zero attached hydrogens (tertiary/aromatic N) is 2. The number of thioether (sulfide) groups is 1. The van der Waals surface area contributed by atoms with Gasteiger partial charge in [0.15, 0.2) is 5.16 Å². The molecule has 3 aromatic rings. The molecule has 4 heteroatoms. The molecule has 0 saturated carbocycles. The van der Waals surface area contributed by atoms with Crippen molar-refractivity contribution in [3.05, 3.63) is 76.1 Å². The molecule has 132 valence electrons. The number of fused-ring (bicyclic) bond motifs is 3. The molecule has 1 aliphatic rings. The van der Waals surface area contributed by atoms with E-state index in [0.717, 1.165) is 40.5 Å². The van der Waals surface area contributed by atoms with E-state index in [4.69, 9.17) is 4.98 Å². The van der Waals surface area contributed by atoms with Gasteiger partial charge in [-0.3, -0.25) is 9.36 Å². The second-order valence-corrected chi connectivity index (χ2v) is 7.82. The smallest absolute Gasteiger partial charge is 0.263 e. The summed E-state index contributed by atoms with van der Waals surface area (Å²) < 4.78 is 1.77. The van der Waals surface area contributed by atoms with Crippen molar-refractivity contribution in [1.82, 2.24) is 9.55 Å². The first kappa shape index (κ1) is 17.1. The van der Waals surface area contributed by atoms with Crippen LogP contribution in [0.5, 0.6) is 0 Å². The minimum Gasteiger partial charge on any atom is -0.268 e. The molecule has 0 amide bonds. The molecule has 26 heavy (non-hydrogen) atoms. The van der Waals surface area contributed by atoms with Gasteiger partial charge in [-0.05, 0) is 36.8 Å². The molecule has 1 aromatic heterocycles. The van der Waals surface area contributed by atoms with E-state index in [2.05, 4.69) is 32.0 Å². The van der Waals surface area contributed by atoms with Crippen molar-refractivity contribution in [2.45, 2.75) is 37.3 Å². The maximum absolute atomic E-state index is 13.7. The molecule has 0 spiro atoms. The maximum atomic E-state index is 13.7. The normalized spacial score (nSPS) is 18.3. The molecule has 1 atom stereocenters. The molecule has 2 aromatic carbocycles. The van der Waals surface area contributed by atoms with Crippen molar-refractivity contribution in [2.75, 3.05) is 6.26 Å². The zero-order valence-electron chi connectivity index (χ0n) is 15.3. The predicted octanol–water partition coefficient (Wildman–Crippen LogP) is 4.85. The first-order chi connectivity index (χ1) is 12.6.